The molecule has 0 bridgehead atoms. The van der Waals surface area contributed by atoms with Gasteiger partial charge < -0.3 is 14.9 Å². The van der Waals surface area contributed by atoms with Crippen LogP contribution in [0.1, 0.15) is 33.5 Å². The molecule has 1 amide bonds. The molecule has 0 radical (unpaired) electrons. The topological polar surface area (TPSA) is 92.4 Å². The van der Waals surface area contributed by atoms with E-state index in [4.69, 9.17) is 5.11 Å². The van der Waals surface area contributed by atoms with Gasteiger partial charge in [0.2, 0.25) is 5.76 Å². The van der Waals surface area contributed by atoms with Crippen molar-refractivity contribution in [3.63, 3.8) is 0 Å². The lowest BCUT2D eigenvalue weighted by Crippen LogP contribution is -2.13. The summed E-state index contributed by atoms with van der Waals surface area (Å²) in [5, 5.41) is 14.8. The van der Waals surface area contributed by atoms with Crippen LogP contribution in [-0.2, 0) is 6.42 Å². The maximum atomic E-state index is 12.0. The third kappa shape index (κ3) is 3.05. The minimum atomic E-state index is -1.27. The van der Waals surface area contributed by atoms with Crippen LogP contribution in [0.3, 0.4) is 0 Å². The molecule has 2 N–H and O–H groups in total. The van der Waals surface area contributed by atoms with Crippen molar-refractivity contribution in [1.29, 1.82) is 0 Å². The summed E-state index contributed by atoms with van der Waals surface area (Å²) < 4.78 is 5.46. The first-order valence-electron chi connectivity index (χ1n) is 5.81. The minimum absolute atomic E-state index is 0.0765. The number of rotatable bonds is 4. The highest BCUT2D eigenvalue weighted by Gasteiger charge is 2.17. The van der Waals surface area contributed by atoms with Gasteiger partial charge in [-0.1, -0.05) is 28.0 Å². The lowest BCUT2D eigenvalue weighted by atomic mass is 10.1. The van der Waals surface area contributed by atoms with Crippen molar-refractivity contribution in [3.05, 3.63) is 45.8 Å². The number of aromatic carboxylic acids is 1. The van der Waals surface area contributed by atoms with Crippen molar-refractivity contribution >= 4 is 33.5 Å². The first-order valence-corrected chi connectivity index (χ1v) is 6.60. The summed E-state index contributed by atoms with van der Waals surface area (Å²) in [6, 6.07) is 6.56. The molecule has 1 aromatic heterocycles. The lowest BCUT2D eigenvalue weighted by Gasteiger charge is -2.08. The quantitative estimate of drug-likeness (QED) is 0.893. The highest BCUT2D eigenvalue weighted by atomic mass is 79.9. The van der Waals surface area contributed by atoms with Gasteiger partial charge in [-0.15, -0.1) is 0 Å². The molecule has 7 heteroatoms. The fourth-order valence-corrected chi connectivity index (χ4v) is 2.05. The molecule has 2 rings (SSSR count). The summed E-state index contributed by atoms with van der Waals surface area (Å²) in [5.41, 5.74) is 1.53. The van der Waals surface area contributed by atoms with E-state index in [1.165, 1.54) is 0 Å². The molecular weight excluding hydrogens is 328 g/mol. The normalized spacial score (nSPS) is 10.3. The molecule has 0 fully saturated rings. The number of anilines is 1. The second-order valence-corrected chi connectivity index (χ2v) is 4.91. The van der Waals surface area contributed by atoms with Gasteiger partial charge in [-0.3, -0.25) is 4.79 Å². The van der Waals surface area contributed by atoms with Gasteiger partial charge in [0.15, 0.2) is 5.69 Å². The van der Waals surface area contributed by atoms with Crippen LogP contribution in [0.5, 0.6) is 0 Å². The van der Waals surface area contributed by atoms with Gasteiger partial charge in [0.05, 0.1) is 0 Å². The van der Waals surface area contributed by atoms with Gasteiger partial charge in [0, 0.05) is 16.2 Å². The number of carbonyl (C=O) groups excluding carboxylic acids is 1. The van der Waals surface area contributed by atoms with E-state index in [0.717, 1.165) is 22.5 Å². The highest BCUT2D eigenvalue weighted by molar-refractivity contribution is 9.10. The summed E-state index contributed by atoms with van der Waals surface area (Å²) in [7, 11) is 0. The number of carboxylic acid groups (broad SMARTS) is 1. The third-order valence-corrected chi connectivity index (χ3v) is 3.14. The Morgan fingerprint density at radius 3 is 2.75 bits per heavy atom. The van der Waals surface area contributed by atoms with Gasteiger partial charge in [-0.25, -0.2) is 4.79 Å². The average Bonchev–Trinajstić information content (AvgIpc) is 2.90. The van der Waals surface area contributed by atoms with Gasteiger partial charge in [-0.05, 0) is 30.2 Å². The number of carbonyl (C=O) groups is 2. The first-order chi connectivity index (χ1) is 9.51. The van der Waals surface area contributed by atoms with E-state index in [9.17, 15) is 9.59 Å². The van der Waals surface area contributed by atoms with Crippen molar-refractivity contribution in [2.45, 2.75) is 13.3 Å². The monoisotopic (exact) mass is 338 g/mol. The summed E-state index contributed by atoms with van der Waals surface area (Å²) in [6.45, 7) is 1.97. The standard InChI is InChI=1S/C13H11BrN2O4/c1-2-7-5-8(14)3-4-9(7)15-12(17)10-6-11(13(18)19)20-16-10/h3-6H,2H2,1H3,(H,15,17)(H,18,19). The molecule has 0 spiro atoms. The number of aromatic nitrogens is 1. The number of carboxylic acids is 1. The molecule has 1 aromatic carbocycles. The average molecular weight is 339 g/mol. The molecule has 0 unspecified atom stereocenters. The van der Waals surface area contributed by atoms with Gasteiger partial charge in [0.1, 0.15) is 0 Å². The van der Waals surface area contributed by atoms with Crippen LogP contribution in [0.15, 0.2) is 33.3 Å². The molecule has 2 aromatic rings. The molecule has 1 heterocycles. The zero-order valence-electron chi connectivity index (χ0n) is 10.5. The van der Waals surface area contributed by atoms with Crippen LogP contribution in [0.4, 0.5) is 5.69 Å². The van der Waals surface area contributed by atoms with E-state index in [2.05, 4.69) is 30.9 Å². The number of benzene rings is 1. The van der Waals surface area contributed by atoms with Gasteiger partial charge >= 0.3 is 5.97 Å². The summed E-state index contributed by atoms with van der Waals surface area (Å²) in [5.74, 6) is -2.16. The Bertz CT molecular complexity index is 666. The Balaban J connectivity index is 2.20. The summed E-state index contributed by atoms with van der Waals surface area (Å²) in [6.07, 6.45) is 0.744. The van der Waals surface area contributed by atoms with E-state index < -0.39 is 11.9 Å². The van der Waals surface area contributed by atoms with Gasteiger partial charge in [0.25, 0.3) is 5.91 Å². The number of nitrogens with zero attached hydrogens (tertiary/aromatic N) is 1. The largest absolute Gasteiger partial charge is 0.475 e. The summed E-state index contributed by atoms with van der Waals surface area (Å²) in [4.78, 5) is 22.6. The SMILES string of the molecule is CCc1cc(Br)ccc1NC(=O)c1cc(C(=O)O)on1. The number of hydrogen-bond donors (Lipinski definition) is 2. The number of nitrogens with one attached hydrogen (secondary N) is 1. The Morgan fingerprint density at radius 2 is 2.15 bits per heavy atom. The molecule has 0 aliphatic heterocycles. The summed E-state index contributed by atoms with van der Waals surface area (Å²) >= 11 is 3.36. The fraction of sp³-hybridized carbons (Fsp3) is 0.154. The number of aryl methyl sites for hydroxylation is 1. The van der Waals surface area contributed by atoms with Crippen molar-refractivity contribution < 1.29 is 19.2 Å². The van der Waals surface area contributed by atoms with Crippen LogP contribution >= 0.6 is 15.9 Å². The van der Waals surface area contributed by atoms with Crippen molar-refractivity contribution in [2.24, 2.45) is 0 Å². The molecule has 0 saturated carbocycles. The highest BCUT2D eigenvalue weighted by Crippen LogP contribution is 2.22. The van der Waals surface area contributed by atoms with E-state index >= 15 is 0 Å². The fourth-order valence-electron chi connectivity index (χ4n) is 1.65. The van der Waals surface area contributed by atoms with Crippen LogP contribution < -0.4 is 5.32 Å². The van der Waals surface area contributed by atoms with E-state index in [1.54, 1.807) is 12.1 Å². The Morgan fingerprint density at radius 1 is 1.40 bits per heavy atom. The zero-order valence-corrected chi connectivity index (χ0v) is 12.1. The van der Waals surface area contributed by atoms with Crippen LogP contribution in [0.2, 0.25) is 0 Å². The maximum Gasteiger partial charge on any atom is 0.374 e. The molecule has 6 nitrogen and oxygen atoms in total. The molecular formula is C13H11BrN2O4. The van der Waals surface area contributed by atoms with Crippen LogP contribution in [0, 0.1) is 0 Å². The molecule has 20 heavy (non-hydrogen) atoms. The second kappa shape index (κ2) is 5.87. The van der Waals surface area contributed by atoms with E-state index in [0.29, 0.717) is 5.69 Å². The predicted molar refractivity (Wildman–Crippen MR) is 74.9 cm³/mol. The molecule has 0 aliphatic carbocycles. The van der Waals surface area contributed by atoms with Gasteiger partial charge in [-0.2, -0.15) is 0 Å². The van der Waals surface area contributed by atoms with Crippen LogP contribution in [-0.4, -0.2) is 22.1 Å². The zero-order chi connectivity index (χ0) is 14.7. The number of amides is 1. The van der Waals surface area contributed by atoms with Crippen molar-refractivity contribution in [2.75, 3.05) is 5.32 Å². The Labute approximate surface area is 122 Å². The second-order valence-electron chi connectivity index (χ2n) is 3.99. The first kappa shape index (κ1) is 14.3. The predicted octanol–water partition coefficient (Wildman–Crippen LogP) is 2.95. The Kier molecular flexibility index (Phi) is 4.19. The number of halogens is 1. The lowest BCUT2D eigenvalue weighted by molar-refractivity contribution is 0.0651. The van der Waals surface area contributed by atoms with Crippen molar-refractivity contribution in [1.82, 2.24) is 5.16 Å². The van der Waals surface area contributed by atoms with Crippen molar-refractivity contribution in [3.8, 4) is 0 Å². The smallest absolute Gasteiger partial charge is 0.374 e. The molecule has 0 saturated heterocycles. The maximum absolute atomic E-state index is 12.0. The third-order valence-electron chi connectivity index (χ3n) is 2.65. The molecule has 0 atom stereocenters. The van der Waals surface area contributed by atoms with E-state index in [1.807, 2.05) is 13.0 Å². The number of hydrogen-bond acceptors (Lipinski definition) is 4. The van der Waals surface area contributed by atoms with Crippen LogP contribution in [0.25, 0.3) is 0 Å². The minimum Gasteiger partial charge on any atom is -0.475 e. The molecule has 0 aliphatic rings. The van der Waals surface area contributed by atoms with E-state index in [-0.39, 0.29) is 11.5 Å². The molecule has 104 valence electrons. The Hall–Kier alpha value is -2.15.